The maximum absolute atomic E-state index is 9.48. The molecule has 0 aliphatic heterocycles. The van der Waals surface area contributed by atoms with Crippen LogP contribution in [-0.2, 0) is 0 Å². The quantitative estimate of drug-likeness (QED) is 0.760. The van der Waals surface area contributed by atoms with Gasteiger partial charge in [-0.1, -0.05) is 0 Å². The molecule has 2 aromatic heterocycles. The summed E-state index contributed by atoms with van der Waals surface area (Å²) in [6.07, 6.45) is 2.85. The number of pyridine rings is 1. The Labute approximate surface area is 81.5 Å². The van der Waals surface area contributed by atoms with Gasteiger partial charge in [-0.3, -0.25) is 4.98 Å². The average molecular weight is 192 g/mol. The Bertz CT molecular complexity index is 448. The highest BCUT2D eigenvalue weighted by atomic mass is 16.5. The summed E-state index contributed by atoms with van der Waals surface area (Å²) in [4.78, 5) is 7.18. The number of rotatable bonds is 2. The number of hydrogen-bond donors (Lipinski definition) is 2. The molecule has 0 bridgehead atoms. The summed E-state index contributed by atoms with van der Waals surface area (Å²) in [6.45, 7) is 1.69. The Morgan fingerprint density at radius 3 is 3.00 bits per heavy atom. The minimum Gasteiger partial charge on any atom is -0.494 e. The number of aliphatic hydroxyl groups is 1. The first kappa shape index (κ1) is 9.02. The number of H-pyrrole nitrogens is 1. The molecule has 0 fully saturated rings. The fourth-order valence-corrected chi connectivity index (χ4v) is 1.53. The summed E-state index contributed by atoms with van der Waals surface area (Å²) in [7, 11) is 1.60. The second-order valence-electron chi connectivity index (χ2n) is 3.15. The van der Waals surface area contributed by atoms with E-state index in [1.165, 1.54) is 0 Å². The van der Waals surface area contributed by atoms with Crippen LogP contribution in [0.1, 0.15) is 18.7 Å². The van der Waals surface area contributed by atoms with Crippen LogP contribution < -0.4 is 4.74 Å². The van der Waals surface area contributed by atoms with E-state index in [4.69, 9.17) is 4.74 Å². The SMILES string of the molecule is COc1cnc(C(C)O)c2[nH]ccc12. The average Bonchev–Trinajstić information content (AvgIpc) is 2.64. The minimum atomic E-state index is -0.581. The van der Waals surface area contributed by atoms with E-state index >= 15 is 0 Å². The predicted molar refractivity (Wildman–Crippen MR) is 53.3 cm³/mol. The van der Waals surface area contributed by atoms with E-state index in [-0.39, 0.29) is 0 Å². The van der Waals surface area contributed by atoms with Gasteiger partial charge in [0.25, 0.3) is 0 Å². The molecule has 2 heterocycles. The molecule has 0 spiro atoms. The zero-order valence-electron chi connectivity index (χ0n) is 8.11. The highest BCUT2D eigenvalue weighted by Crippen LogP contribution is 2.28. The van der Waals surface area contributed by atoms with Gasteiger partial charge in [0.2, 0.25) is 0 Å². The third-order valence-electron chi connectivity index (χ3n) is 2.21. The Morgan fingerprint density at radius 2 is 2.36 bits per heavy atom. The topological polar surface area (TPSA) is 58.1 Å². The summed E-state index contributed by atoms with van der Waals surface area (Å²) in [6, 6.07) is 1.90. The molecule has 0 aliphatic rings. The van der Waals surface area contributed by atoms with E-state index in [0.29, 0.717) is 11.4 Å². The van der Waals surface area contributed by atoms with Crippen molar-refractivity contribution in [3.05, 3.63) is 24.2 Å². The Morgan fingerprint density at radius 1 is 1.57 bits per heavy atom. The lowest BCUT2D eigenvalue weighted by Gasteiger charge is -2.07. The summed E-state index contributed by atoms with van der Waals surface area (Å²) < 4.78 is 5.16. The van der Waals surface area contributed by atoms with Crippen LogP contribution in [0.25, 0.3) is 10.9 Å². The Hall–Kier alpha value is -1.55. The summed E-state index contributed by atoms with van der Waals surface area (Å²) in [5.41, 5.74) is 1.48. The fraction of sp³-hybridized carbons (Fsp3) is 0.300. The molecule has 2 N–H and O–H groups in total. The van der Waals surface area contributed by atoms with Gasteiger partial charge in [0.05, 0.1) is 30.6 Å². The summed E-state index contributed by atoms with van der Waals surface area (Å²) in [5.74, 6) is 0.714. The molecule has 74 valence electrons. The van der Waals surface area contributed by atoms with E-state index in [1.807, 2.05) is 6.07 Å². The van der Waals surface area contributed by atoms with Gasteiger partial charge in [-0.05, 0) is 13.0 Å². The van der Waals surface area contributed by atoms with Crippen LogP contribution in [0.4, 0.5) is 0 Å². The molecule has 2 rings (SSSR count). The van der Waals surface area contributed by atoms with Gasteiger partial charge < -0.3 is 14.8 Å². The molecule has 0 saturated carbocycles. The van der Waals surface area contributed by atoms with Crippen LogP contribution in [0.2, 0.25) is 0 Å². The van der Waals surface area contributed by atoms with Gasteiger partial charge in [0.15, 0.2) is 0 Å². The molecular formula is C10H12N2O2. The molecule has 14 heavy (non-hydrogen) atoms. The zero-order chi connectivity index (χ0) is 10.1. The number of nitrogens with one attached hydrogen (secondary N) is 1. The number of aromatic nitrogens is 2. The first-order valence-electron chi connectivity index (χ1n) is 4.42. The van der Waals surface area contributed by atoms with Crippen LogP contribution in [0, 0.1) is 0 Å². The molecule has 1 atom stereocenters. The maximum atomic E-state index is 9.48. The van der Waals surface area contributed by atoms with E-state index in [1.54, 1.807) is 26.4 Å². The maximum Gasteiger partial charge on any atom is 0.146 e. The Kier molecular flexibility index (Phi) is 2.13. The molecule has 1 unspecified atom stereocenters. The highest BCUT2D eigenvalue weighted by Gasteiger charge is 2.12. The number of aliphatic hydroxyl groups excluding tert-OH is 1. The van der Waals surface area contributed by atoms with Crippen LogP contribution in [0.15, 0.2) is 18.5 Å². The van der Waals surface area contributed by atoms with E-state index in [9.17, 15) is 5.11 Å². The lowest BCUT2D eigenvalue weighted by Crippen LogP contribution is -1.97. The third kappa shape index (κ3) is 1.24. The van der Waals surface area contributed by atoms with E-state index < -0.39 is 6.10 Å². The molecule has 0 amide bonds. The van der Waals surface area contributed by atoms with Crippen molar-refractivity contribution < 1.29 is 9.84 Å². The van der Waals surface area contributed by atoms with Crippen LogP contribution in [-0.4, -0.2) is 22.2 Å². The van der Waals surface area contributed by atoms with Crippen molar-refractivity contribution >= 4 is 10.9 Å². The lowest BCUT2D eigenvalue weighted by molar-refractivity contribution is 0.196. The molecule has 2 aromatic rings. The molecule has 0 aromatic carbocycles. The molecule has 0 saturated heterocycles. The van der Waals surface area contributed by atoms with Crippen molar-refractivity contribution in [3.63, 3.8) is 0 Å². The van der Waals surface area contributed by atoms with Crippen LogP contribution in [0.5, 0.6) is 5.75 Å². The Balaban J connectivity index is 2.72. The van der Waals surface area contributed by atoms with Gasteiger partial charge >= 0.3 is 0 Å². The van der Waals surface area contributed by atoms with Crippen LogP contribution in [0.3, 0.4) is 0 Å². The first-order valence-corrected chi connectivity index (χ1v) is 4.42. The largest absolute Gasteiger partial charge is 0.494 e. The number of ether oxygens (including phenoxy) is 1. The smallest absolute Gasteiger partial charge is 0.146 e. The van der Waals surface area contributed by atoms with Crippen molar-refractivity contribution in [2.24, 2.45) is 0 Å². The van der Waals surface area contributed by atoms with Crippen LogP contribution >= 0.6 is 0 Å². The lowest BCUT2D eigenvalue weighted by atomic mass is 10.2. The van der Waals surface area contributed by atoms with Crippen molar-refractivity contribution in [2.45, 2.75) is 13.0 Å². The molecule has 0 radical (unpaired) electrons. The van der Waals surface area contributed by atoms with Gasteiger partial charge in [-0.25, -0.2) is 0 Å². The van der Waals surface area contributed by atoms with E-state index in [2.05, 4.69) is 9.97 Å². The highest BCUT2D eigenvalue weighted by molar-refractivity contribution is 5.87. The van der Waals surface area contributed by atoms with Gasteiger partial charge in [0.1, 0.15) is 5.75 Å². The monoisotopic (exact) mass is 192 g/mol. The van der Waals surface area contributed by atoms with Gasteiger partial charge in [0, 0.05) is 11.6 Å². The molecule has 0 aliphatic carbocycles. The second kappa shape index (κ2) is 3.31. The number of fused-ring (bicyclic) bond motifs is 1. The zero-order valence-corrected chi connectivity index (χ0v) is 8.11. The second-order valence-corrected chi connectivity index (χ2v) is 3.15. The van der Waals surface area contributed by atoms with Gasteiger partial charge in [-0.15, -0.1) is 0 Å². The van der Waals surface area contributed by atoms with Gasteiger partial charge in [-0.2, -0.15) is 0 Å². The number of hydrogen-bond acceptors (Lipinski definition) is 3. The number of nitrogens with zero attached hydrogens (tertiary/aromatic N) is 1. The van der Waals surface area contributed by atoms with Crippen molar-refractivity contribution in [1.82, 2.24) is 9.97 Å². The number of methoxy groups -OCH3 is 1. The number of aromatic amines is 1. The standard InChI is InChI=1S/C10H12N2O2/c1-6(13)9-10-7(3-4-11-10)8(14-2)5-12-9/h3-6,11,13H,1-2H3. The molecule has 4 heteroatoms. The van der Waals surface area contributed by atoms with E-state index in [0.717, 1.165) is 10.9 Å². The van der Waals surface area contributed by atoms with Crippen molar-refractivity contribution in [1.29, 1.82) is 0 Å². The summed E-state index contributed by atoms with van der Waals surface area (Å²) in [5, 5.41) is 10.4. The molecule has 4 nitrogen and oxygen atoms in total. The summed E-state index contributed by atoms with van der Waals surface area (Å²) >= 11 is 0. The normalized spacial score (nSPS) is 13.1. The fourth-order valence-electron chi connectivity index (χ4n) is 1.53. The van der Waals surface area contributed by atoms with Crippen molar-refractivity contribution in [3.8, 4) is 5.75 Å². The predicted octanol–water partition coefficient (Wildman–Crippen LogP) is 1.62. The first-order chi connectivity index (χ1) is 6.74. The minimum absolute atomic E-state index is 0.581. The third-order valence-corrected chi connectivity index (χ3v) is 2.21. The molecular weight excluding hydrogens is 180 g/mol. The van der Waals surface area contributed by atoms with Crippen molar-refractivity contribution in [2.75, 3.05) is 7.11 Å².